The molecule has 1 fully saturated rings. The Morgan fingerprint density at radius 2 is 2.24 bits per heavy atom. The van der Waals surface area contributed by atoms with Gasteiger partial charge < -0.3 is 4.90 Å². The lowest BCUT2D eigenvalue weighted by molar-refractivity contribution is 0.713. The van der Waals surface area contributed by atoms with Crippen molar-refractivity contribution in [1.29, 1.82) is 0 Å². The van der Waals surface area contributed by atoms with E-state index in [2.05, 4.69) is 42.4 Å². The number of nitrogens with one attached hydrogen (secondary N) is 1. The maximum absolute atomic E-state index is 4.53. The van der Waals surface area contributed by atoms with Crippen molar-refractivity contribution in [2.45, 2.75) is 26.2 Å². The average molecular weight is 300 g/mol. The number of aromatic nitrogens is 5. The molecule has 7 heteroatoms. The Bertz CT molecular complexity index is 792. The fourth-order valence-electron chi connectivity index (χ4n) is 2.94. The van der Waals surface area contributed by atoms with Crippen LogP contribution in [-0.2, 0) is 0 Å². The van der Waals surface area contributed by atoms with E-state index in [1.165, 1.54) is 10.9 Å². The van der Waals surface area contributed by atoms with Crippen LogP contribution in [0, 0.1) is 13.8 Å². The normalized spacial score (nSPS) is 18.8. The van der Waals surface area contributed by atoms with Crippen molar-refractivity contribution in [2.75, 3.05) is 18.0 Å². The standard InChI is InChI=1S/C14H16N6S/c1-8-6-21-14-11(8)13(15-7-16-14)20-4-3-10(5-20)12-17-9(2)18-19-12/h6-7,10H,3-5H2,1-2H3,(H,17,18,19)/t10-/m0/s1. The van der Waals surface area contributed by atoms with Gasteiger partial charge in [0.25, 0.3) is 0 Å². The molecule has 3 aromatic rings. The molecule has 0 spiro atoms. The third kappa shape index (κ3) is 2.08. The van der Waals surface area contributed by atoms with E-state index >= 15 is 0 Å². The number of thiophene rings is 1. The summed E-state index contributed by atoms with van der Waals surface area (Å²) in [6.45, 7) is 5.96. The summed E-state index contributed by atoms with van der Waals surface area (Å²) in [5.41, 5.74) is 1.25. The van der Waals surface area contributed by atoms with Gasteiger partial charge in [0.15, 0.2) is 5.82 Å². The molecule has 0 aromatic carbocycles. The van der Waals surface area contributed by atoms with Crippen LogP contribution in [0.1, 0.15) is 29.6 Å². The summed E-state index contributed by atoms with van der Waals surface area (Å²) in [4.78, 5) is 16.8. The van der Waals surface area contributed by atoms with Crippen molar-refractivity contribution in [2.24, 2.45) is 0 Å². The molecule has 1 saturated heterocycles. The minimum Gasteiger partial charge on any atom is -0.355 e. The van der Waals surface area contributed by atoms with Crippen LogP contribution in [0.3, 0.4) is 0 Å². The number of H-pyrrole nitrogens is 1. The molecule has 0 aliphatic carbocycles. The lowest BCUT2D eigenvalue weighted by atomic mass is 10.1. The quantitative estimate of drug-likeness (QED) is 0.787. The molecular weight excluding hydrogens is 284 g/mol. The first-order valence-corrected chi connectivity index (χ1v) is 7.93. The van der Waals surface area contributed by atoms with E-state index in [1.807, 2.05) is 6.92 Å². The molecule has 1 aliphatic rings. The zero-order valence-corrected chi connectivity index (χ0v) is 12.8. The largest absolute Gasteiger partial charge is 0.355 e. The van der Waals surface area contributed by atoms with Crippen molar-refractivity contribution < 1.29 is 0 Å². The van der Waals surface area contributed by atoms with Gasteiger partial charge in [0.05, 0.1) is 5.39 Å². The van der Waals surface area contributed by atoms with Gasteiger partial charge in [0.1, 0.15) is 22.8 Å². The Hall–Kier alpha value is -2.02. The fourth-order valence-corrected chi connectivity index (χ4v) is 3.83. The molecule has 1 atom stereocenters. The van der Waals surface area contributed by atoms with Gasteiger partial charge in [-0.25, -0.2) is 15.0 Å². The number of aryl methyl sites for hydroxylation is 2. The Morgan fingerprint density at radius 1 is 1.33 bits per heavy atom. The Labute approximate surface area is 126 Å². The van der Waals surface area contributed by atoms with Gasteiger partial charge >= 0.3 is 0 Å². The number of nitrogens with zero attached hydrogens (tertiary/aromatic N) is 5. The van der Waals surface area contributed by atoms with E-state index < -0.39 is 0 Å². The van der Waals surface area contributed by atoms with E-state index in [-0.39, 0.29) is 0 Å². The number of rotatable bonds is 2. The number of anilines is 1. The summed E-state index contributed by atoms with van der Waals surface area (Å²) in [5.74, 6) is 3.22. The van der Waals surface area contributed by atoms with Gasteiger partial charge in [-0.2, -0.15) is 5.10 Å². The zero-order valence-electron chi connectivity index (χ0n) is 12.0. The minimum atomic E-state index is 0.374. The topological polar surface area (TPSA) is 70.6 Å². The van der Waals surface area contributed by atoms with Gasteiger partial charge in [-0.1, -0.05) is 0 Å². The molecule has 0 saturated carbocycles. The number of aromatic amines is 1. The van der Waals surface area contributed by atoms with Gasteiger partial charge in [0, 0.05) is 19.0 Å². The van der Waals surface area contributed by atoms with Gasteiger partial charge in [-0.15, -0.1) is 11.3 Å². The summed E-state index contributed by atoms with van der Waals surface area (Å²) in [7, 11) is 0. The first-order valence-electron chi connectivity index (χ1n) is 7.05. The molecule has 4 rings (SSSR count). The first kappa shape index (κ1) is 12.7. The molecule has 21 heavy (non-hydrogen) atoms. The third-order valence-corrected chi connectivity index (χ3v) is 5.01. The van der Waals surface area contributed by atoms with Crippen molar-refractivity contribution in [3.63, 3.8) is 0 Å². The van der Waals surface area contributed by atoms with Gasteiger partial charge in [-0.05, 0) is 31.2 Å². The Kier molecular flexibility index (Phi) is 2.88. The maximum atomic E-state index is 4.53. The number of hydrogen-bond donors (Lipinski definition) is 1. The summed E-state index contributed by atoms with van der Waals surface area (Å²) in [6, 6.07) is 0. The van der Waals surface area contributed by atoms with E-state index in [1.54, 1.807) is 17.7 Å². The second-order valence-electron chi connectivity index (χ2n) is 5.51. The van der Waals surface area contributed by atoms with Gasteiger partial charge in [0.2, 0.25) is 0 Å². The highest BCUT2D eigenvalue weighted by Gasteiger charge is 2.29. The SMILES string of the molecule is Cc1nc([C@H]2CCN(c3ncnc4scc(C)c34)C2)n[nH]1. The number of fused-ring (bicyclic) bond motifs is 1. The monoisotopic (exact) mass is 300 g/mol. The average Bonchev–Trinajstić information content (AvgIpc) is 3.19. The smallest absolute Gasteiger partial charge is 0.155 e. The molecule has 4 heterocycles. The molecule has 108 valence electrons. The molecule has 0 bridgehead atoms. The summed E-state index contributed by atoms with van der Waals surface area (Å²) >= 11 is 1.68. The van der Waals surface area contributed by atoms with E-state index in [9.17, 15) is 0 Å². The molecule has 1 N–H and O–H groups in total. The third-order valence-electron chi connectivity index (χ3n) is 4.00. The fraction of sp³-hybridized carbons (Fsp3) is 0.429. The van der Waals surface area contributed by atoms with Crippen LogP contribution in [-0.4, -0.2) is 38.2 Å². The highest BCUT2D eigenvalue weighted by atomic mass is 32.1. The van der Waals surface area contributed by atoms with Crippen LogP contribution in [0.4, 0.5) is 5.82 Å². The molecule has 3 aromatic heterocycles. The maximum Gasteiger partial charge on any atom is 0.155 e. The van der Waals surface area contributed by atoms with Crippen LogP contribution in [0.15, 0.2) is 11.7 Å². The summed E-state index contributed by atoms with van der Waals surface area (Å²) < 4.78 is 0. The second kappa shape index (κ2) is 4.77. The zero-order chi connectivity index (χ0) is 14.4. The predicted octanol–water partition coefficient (Wildman–Crippen LogP) is 2.42. The molecule has 0 radical (unpaired) electrons. The minimum absolute atomic E-state index is 0.374. The van der Waals surface area contributed by atoms with Crippen LogP contribution < -0.4 is 4.90 Å². The summed E-state index contributed by atoms with van der Waals surface area (Å²) in [5, 5.41) is 10.6. The molecule has 0 amide bonds. The predicted molar refractivity (Wildman–Crippen MR) is 82.8 cm³/mol. The lowest BCUT2D eigenvalue weighted by Gasteiger charge is -2.18. The second-order valence-corrected chi connectivity index (χ2v) is 6.36. The van der Waals surface area contributed by atoms with Crippen LogP contribution >= 0.6 is 11.3 Å². The summed E-state index contributed by atoms with van der Waals surface area (Å²) in [6.07, 6.45) is 2.73. The highest BCUT2D eigenvalue weighted by molar-refractivity contribution is 7.17. The van der Waals surface area contributed by atoms with Crippen molar-refractivity contribution >= 4 is 27.4 Å². The van der Waals surface area contributed by atoms with Crippen LogP contribution in [0.5, 0.6) is 0 Å². The van der Waals surface area contributed by atoms with Crippen LogP contribution in [0.25, 0.3) is 10.2 Å². The van der Waals surface area contributed by atoms with Crippen LogP contribution in [0.2, 0.25) is 0 Å². The Balaban J connectivity index is 1.66. The van der Waals surface area contributed by atoms with E-state index in [0.717, 1.165) is 41.8 Å². The molecule has 0 unspecified atom stereocenters. The Morgan fingerprint density at radius 3 is 3.05 bits per heavy atom. The van der Waals surface area contributed by atoms with E-state index in [0.29, 0.717) is 5.92 Å². The number of hydrogen-bond acceptors (Lipinski definition) is 6. The molecule has 1 aliphatic heterocycles. The lowest BCUT2D eigenvalue weighted by Crippen LogP contribution is -2.21. The molecular formula is C14H16N6S. The van der Waals surface area contributed by atoms with E-state index in [4.69, 9.17) is 0 Å². The first-order chi connectivity index (χ1) is 10.2. The van der Waals surface area contributed by atoms with Gasteiger partial charge in [-0.3, -0.25) is 5.10 Å². The van der Waals surface area contributed by atoms with Crippen molar-refractivity contribution in [3.05, 3.63) is 28.9 Å². The highest BCUT2D eigenvalue weighted by Crippen LogP contribution is 2.35. The van der Waals surface area contributed by atoms with Crippen molar-refractivity contribution in [3.8, 4) is 0 Å². The molecule has 6 nitrogen and oxygen atoms in total. The van der Waals surface area contributed by atoms with Crippen molar-refractivity contribution in [1.82, 2.24) is 25.1 Å².